The van der Waals surface area contributed by atoms with Gasteiger partial charge in [0.05, 0.1) is 25.1 Å². The molecule has 0 spiro atoms. The van der Waals surface area contributed by atoms with E-state index in [-0.39, 0.29) is 11.4 Å². The maximum absolute atomic E-state index is 13.1. The predicted octanol–water partition coefficient (Wildman–Crippen LogP) is 5.80. The highest BCUT2D eigenvalue weighted by Gasteiger charge is 2.25. The lowest BCUT2D eigenvalue weighted by Gasteiger charge is -2.30. The van der Waals surface area contributed by atoms with Crippen molar-refractivity contribution in [3.05, 3.63) is 95.3 Å². The summed E-state index contributed by atoms with van der Waals surface area (Å²) in [7, 11) is 0. The van der Waals surface area contributed by atoms with E-state index in [4.69, 9.17) is 16.3 Å². The Hall–Kier alpha value is -2.43. The summed E-state index contributed by atoms with van der Waals surface area (Å²) in [4.78, 5) is 4.12. The molecule has 2 aromatic carbocycles. The fourth-order valence-corrected chi connectivity index (χ4v) is 3.16. The van der Waals surface area contributed by atoms with E-state index in [2.05, 4.69) is 11.9 Å². The van der Waals surface area contributed by atoms with Gasteiger partial charge in [0, 0.05) is 17.4 Å². The molecule has 0 N–H and O–H groups in total. The van der Waals surface area contributed by atoms with Gasteiger partial charge in [-0.1, -0.05) is 48.0 Å². The summed E-state index contributed by atoms with van der Waals surface area (Å²) >= 11 is 5.92. The fraction of sp³-hybridized carbons (Fsp3) is 0.261. The normalized spacial score (nSPS) is 13.7. The molecule has 1 unspecified atom stereocenters. The summed E-state index contributed by atoms with van der Waals surface area (Å²) in [6.45, 7) is 3.30. The molecular formula is C23H24ClFN2O. The van der Waals surface area contributed by atoms with Crippen LogP contribution in [-0.4, -0.2) is 21.8 Å². The molecule has 1 heterocycles. The maximum atomic E-state index is 13.1. The van der Waals surface area contributed by atoms with Crippen molar-refractivity contribution in [1.82, 2.24) is 9.55 Å². The first-order chi connectivity index (χ1) is 13.5. The summed E-state index contributed by atoms with van der Waals surface area (Å²) < 4.78 is 21.4. The molecule has 1 atom stereocenters. The molecule has 0 aliphatic rings. The Bertz CT molecular complexity index is 876. The molecule has 3 nitrogen and oxygen atoms in total. The van der Waals surface area contributed by atoms with Gasteiger partial charge in [0.15, 0.2) is 0 Å². The van der Waals surface area contributed by atoms with E-state index >= 15 is 0 Å². The highest BCUT2D eigenvalue weighted by molar-refractivity contribution is 6.30. The second-order valence-corrected chi connectivity index (χ2v) is 7.51. The second kappa shape index (κ2) is 9.67. The van der Waals surface area contributed by atoms with Crippen LogP contribution in [0.15, 0.2) is 73.3 Å². The summed E-state index contributed by atoms with van der Waals surface area (Å²) in [6, 6.07) is 14.3. The van der Waals surface area contributed by atoms with Crippen molar-refractivity contribution in [2.45, 2.75) is 31.9 Å². The van der Waals surface area contributed by atoms with Crippen LogP contribution in [0, 0.1) is 5.82 Å². The van der Waals surface area contributed by atoms with E-state index in [9.17, 15) is 4.39 Å². The van der Waals surface area contributed by atoms with Gasteiger partial charge in [-0.3, -0.25) is 0 Å². The van der Waals surface area contributed by atoms with Crippen LogP contribution in [0.25, 0.3) is 6.08 Å². The summed E-state index contributed by atoms with van der Waals surface area (Å²) in [5, 5.41) is 0.724. The standard InChI is InChI=1S/C23H24ClFN2O/c1-23(17-27-15-14-26-18-27,13-12-20-6-10-22(25)11-7-20)28-16-2-3-19-4-8-21(24)9-5-19/h2-11,14-15,18H,12-13,16-17H2,1H3. The lowest BCUT2D eigenvalue weighted by atomic mass is 9.96. The van der Waals surface area contributed by atoms with Gasteiger partial charge in [0.25, 0.3) is 0 Å². The quantitative estimate of drug-likeness (QED) is 0.455. The number of rotatable bonds is 9. The molecule has 0 saturated carbocycles. The highest BCUT2D eigenvalue weighted by atomic mass is 35.5. The monoisotopic (exact) mass is 398 g/mol. The molecule has 0 saturated heterocycles. The maximum Gasteiger partial charge on any atom is 0.123 e. The first-order valence-electron chi connectivity index (χ1n) is 9.29. The molecule has 28 heavy (non-hydrogen) atoms. The van der Waals surface area contributed by atoms with Crippen LogP contribution in [0.4, 0.5) is 4.39 Å². The van der Waals surface area contributed by atoms with Crippen LogP contribution in [0.2, 0.25) is 5.02 Å². The van der Waals surface area contributed by atoms with Gasteiger partial charge in [-0.2, -0.15) is 0 Å². The number of benzene rings is 2. The first-order valence-corrected chi connectivity index (χ1v) is 9.66. The van der Waals surface area contributed by atoms with E-state index in [0.717, 1.165) is 29.0 Å². The van der Waals surface area contributed by atoms with E-state index in [1.54, 1.807) is 12.5 Å². The second-order valence-electron chi connectivity index (χ2n) is 7.08. The number of hydrogen-bond donors (Lipinski definition) is 0. The Kier molecular flexibility index (Phi) is 7.01. The predicted molar refractivity (Wildman–Crippen MR) is 112 cm³/mol. The molecule has 0 radical (unpaired) electrons. The molecule has 146 valence electrons. The van der Waals surface area contributed by atoms with Gasteiger partial charge in [-0.05, 0) is 55.2 Å². The topological polar surface area (TPSA) is 27.1 Å². The van der Waals surface area contributed by atoms with Crippen molar-refractivity contribution < 1.29 is 9.13 Å². The minimum absolute atomic E-state index is 0.214. The van der Waals surface area contributed by atoms with Crippen molar-refractivity contribution in [2.24, 2.45) is 0 Å². The van der Waals surface area contributed by atoms with Gasteiger partial charge in [0.2, 0.25) is 0 Å². The fourth-order valence-electron chi connectivity index (χ4n) is 3.03. The van der Waals surface area contributed by atoms with Crippen LogP contribution in [-0.2, 0) is 17.7 Å². The molecule has 0 amide bonds. The van der Waals surface area contributed by atoms with Crippen LogP contribution in [0.1, 0.15) is 24.5 Å². The number of nitrogens with zero attached hydrogens (tertiary/aromatic N) is 2. The van der Waals surface area contributed by atoms with Crippen molar-refractivity contribution in [1.29, 1.82) is 0 Å². The van der Waals surface area contributed by atoms with Gasteiger partial charge >= 0.3 is 0 Å². The molecule has 0 aliphatic carbocycles. The van der Waals surface area contributed by atoms with Crippen LogP contribution < -0.4 is 0 Å². The van der Waals surface area contributed by atoms with Crippen LogP contribution >= 0.6 is 11.6 Å². The number of hydrogen-bond acceptors (Lipinski definition) is 2. The highest BCUT2D eigenvalue weighted by Crippen LogP contribution is 2.22. The number of imidazole rings is 1. The summed E-state index contributed by atoms with van der Waals surface area (Å²) in [5.41, 5.74) is 1.80. The van der Waals surface area contributed by atoms with E-state index < -0.39 is 0 Å². The van der Waals surface area contributed by atoms with E-state index in [1.807, 2.05) is 59.3 Å². The number of halogens is 2. The molecular weight excluding hydrogens is 375 g/mol. The zero-order valence-corrected chi connectivity index (χ0v) is 16.6. The molecule has 3 aromatic rings. The Morgan fingerprint density at radius 1 is 1.14 bits per heavy atom. The minimum atomic E-state index is -0.376. The van der Waals surface area contributed by atoms with E-state index in [0.29, 0.717) is 13.2 Å². The third kappa shape index (κ3) is 6.32. The smallest absolute Gasteiger partial charge is 0.123 e. The van der Waals surface area contributed by atoms with Crippen LogP contribution in [0.5, 0.6) is 0 Å². The Morgan fingerprint density at radius 3 is 2.57 bits per heavy atom. The number of aryl methyl sites for hydroxylation is 1. The van der Waals surface area contributed by atoms with Gasteiger partial charge in [-0.15, -0.1) is 0 Å². The minimum Gasteiger partial charge on any atom is -0.369 e. The molecule has 1 aromatic heterocycles. The summed E-state index contributed by atoms with van der Waals surface area (Å²) in [6.07, 6.45) is 11.1. The molecule has 3 rings (SSSR count). The molecule has 0 aliphatic heterocycles. The Balaban J connectivity index is 1.61. The lowest BCUT2D eigenvalue weighted by molar-refractivity contribution is -0.0350. The largest absolute Gasteiger partial charge is 0.369 e. The van der Waals surface area contributed by atoms with E-state index in [1.165, 1.54) is 12.1 Å². The average Bonchev–Trinajstić information content (AvgIpc) is 3.19. The zero-order valence-electron chi connectivity index (χ0n) is 15.9. The SMILES string of the molecule is CC(CCc1ccc(F)cc1)(Cn1ccnc1)OCC=Cc1ccc(Cl)cc1. The molecule has 0 bridgehead atoms. The molecule has 5 heteroatoms. The lowest BCUT2D eigenvalue weighted by Crippen LogP contribution is -2.34. The zero-order chi connectivity index (χ0) is 19.8. The third-order valence-corrected chi connectivity index (χ3v) is 4.89. The van der Waals surface area contributed by atoms with Crippen molar-refractivity contribution in [3.8, 4) is 0 Å². The first kappa shape index (κ1) is 20.3. The summed E-state index contributed by atoms with van der Waals surface area (Å²) in [5.74, 6) is -0.214. The third-order valence-electron chi connectivity index (χ3n) is 4.64. The van der Waals surface area contributed by atoms with Crippen molar-refractivity contribution in [2.75, 3.05) is 6.61 Å². The number of ether oxygens (including phenoxy) is 1. The average molecular weight is 399 g/mol. The van der Waals surface area contributed by atoms with Crippen molar-refractivity contribution in [3.63, 3.8) is 0 Å². The van der Waals surface area contributed by atoms with Gasteiger partial charge < -0.3 is 9.30 Å². The number of aromatic nitrogens is 2. The van der Waals surface area contributed by atoms with Gasteiger partial charge in [0.1, 0.15) is 5.82 Å². The Morgan fingerprint density at radius 2 is 1.89 bits per heavy atom. The molecule has 0 fully saturated rings. The van der Waals surface area contributed by atoms with Crippen LogP contribution in [0.3, 0.4) is 0 Å². The van der Waals surface area contributed by atoms with Gasteiger partial charge in [-0.25, -0.2) is 9.37 Å². The Labute approximate surface area is 170 Å². The van der Waals surface area contributed by atoms with Crippen molar-refractivity contribution >= 4 is 17.7 Å².